The van der Waals surface area contributed by atoms with Crippen molar-refractivity contribution in [2.45, 2.75) is 38.9 Å². The van der Waals surface area contributed by atoms with Crippen LogP contribution in [0.15, 0.2) is 115 Å². The van der Waals surface area contributed by atoms with E-state index in [9.17, 15) is 0 Å². The molecule has 0 amide bonds. The second kappa shape index (κ2) is 8.81. The summed E-state index contributed by atoms with van der Waals surface area (Å²) < 4.78 is 12.9. The van der Waals surface area contributed by atoms with E-state index in [0.717, 1.165) is 10.8 Å². The molecule has 1 aliphatic rings. The molecule has 0 radical (unpaired) electrons. The molecule has 0 atom stereocenters. The van der Waals surface area contributed by atoms with E-state index < -0.39 is 7.12 Å². The van der Waals surface area contributed by atoms with Crippen molar-refractivity contribution in [1.29, 1.82) is 0 Å². The maximum atomic E-state index is 6.45. The fourth-order valence-corrected chi connectivity index (χ4v) is 5.96. The summed E-state index contributed by atoms with van der Waals surface area (Å²) in [5.41, 5.74) is 5.26. The van der Waals surface area contributed by atoms with Crippen LogP contribution < -0.4 is 5.46 Å². The molecule has 0 saturated carbocycles. The standard InChI is InChI=1S/C36H31BO2/c1-35(2)36(3,4)39-37(38-35)34-23-22-32(29-17-9-10-18-33(29)34)31-21-20-30(27-15-7-8-16-28(27)31)26-19-11-13-24-12-5-6-14-25(24)26/h5-23H,1-4H3. The molecule has 190 valence electrons. The fraction of sp³-hybridized carbons (Fsp3) is 0.167. The molecule has 1 aliphatic heterocycles. The zero-order valence-electron chi connectivity index (χ0n) is 22.9. The first-order valence-corrected chi connectivity index (χ1v) is 13.7. The van der Waals surface area contributed by atoms with Crippen molar-refractivity contribution < 1.29 is 9.31 Å². The zero-order chi connectivity index (χ0) is 26.8. The predicted octanol–water partition coefficient (Wildman–Crippen LogP) is 8.78. The molecule has 39 heavy (non-hydrogen) atoms. The van der Waals surface area contributed by atoms with Gasteiger partial charge in [0.2, 0.25) is 0 Å². The molecule has 3 heteroatoms. The maximum Gasteiger partial charge on any atom is 0.495 e. The molecule has 1 saturated heterocycles. The van der Waals surface area contributed by atoms with Crippen molar-refractivity contribution in [3.63, 3.8) is 0 Å². The number of rotatable bonds is 3. The van der Waals surface area contributed by atoms with Gasteiger partial charge in [0.1, 0.15) is 0 Å². The summed E-state index contributed by atoms with van der Waals surface area (Å²) in [6.45, 7) is 8.42. The molecule has 0 bridgehead atoms. The van der Waals surface area contributed by atoms with Gasteiger partial charge in [-0.05, 0) is 87.7 Å². The number of hydrogen-bond donors (Lipinski definition) is 0. The minimum atomic E-state index is -0.403. The van der Waals surface area contributed by atoms with Crippen molar-refractivity contribution >= 4 is 44.9 Å². The molecule has 0 aromatic heterocycles. The van der Waals surface area contributed by atoms with Crippen LogP contribution in [0.5, 0.6) is 0 Å². The van der Waals surface area contributed by atoms with Gasteiger partial charge in [-0.2, -0.15) is 0 Å². The molecule has 1 heterocycles. The monoisotopic (exact) mass is 506 g/mol. The highest BCUT2D eigenvalue weighted by Gasteiger charge is 2.52. The van der Waals surface area contributed by atoms with Crippen molar-refractivity contribution in [2.75, 3.05) is 0 Å². The van der Waals surface area contributed by atoms with E-state index in [1.54, 1.807) is 0 Å². The van der Waals surface area contributed by atoms with Crippen molar-refractivity contribution in [1.82, 2.24) is 0 Å². The van der Waals surface area contributed by atoms with Gasteiger partial charge < -0.3 is 9.31 Å². The average Bonchev–Trinajstić information content (AvgIpc) is 3.17. The Balaban J connectivity index is 1.42. The summed E-state index contributed by atoms with van der Waals surface area (Å²) in [6, 6.07) is 41.6. The van der Waals surface area contributed by atoms with E-state index in [-0.39, 0.29) is 11.2 Å². The summed E-state index contributed by atoms with van der Waals surface area (Å²) in [4.78, 5) is 0. The second-order valence-corrected chi connectivity index (χ2v) is 11.6. The summed E-state index contributed by atoms with van der Waals surface area (Å²) >= 11 is 0. The molecular weight excluding hydrogens is 475 g/mol. The minimum absolute atomic E-state index is 0.384. The van der Waals surface area contributed by atoms with Crippen LogP contribution in [-0.2, 0) is 9.31 Å². The Morgan fingerprint density at radius 2 is 0.821 bits per heavy atom. The Hall–Kier alpha value is -3.92. The quantitative estimate of drug-likeness (QED) is 0.223. The number of hydrogen-bond acceptors (Lipinski definition) is 2. The lowest BCUT2D eigenvalue weighted by atomic mass is 9.74. The highest BCUT2D eigenvalue weighted by Crippen LogP contribution is 2.41. The van der Waals surface area contributed by atoms with Crippen molar-refractivity contribution in [2.24, 2.45) is 0 Å². The van der Waals surface area contributed by atoms with Crippen LogP contribution in [0.1, 0.15) is 27.7 Å². The van der Waals surface area contributed by atoms with E-state index >= 15 is 0 Å². The molecule has 2 nitrogen and oxygen atoms in total. The molecule has 0 spiro atoms. The summed E-state index contributed by atoms with van der Waals surface area (Å²) in [6.07, 6.45) is 0. The molecule has 0 N–H and O–H groups in total. The van der Waals surface area contributed by atoms with E-state index in [1.165, 1.54) is 49.2 Å². The Labute approximate surface area is 230 Å². The molecule has 1 fully saturated rings. The van der Waals surface area contributed by atoms with Gasteiger partial charge in [-0.25, -0.2) is 0 Å². The zero-order valence-corrected chi connectivity index (χ0v) is 22.9. The van der Waals surface area contributed by atoms with Crippen LogP contribution in [0.25, 0.3) is 54.6 Å². The SMILES string of the molecule is CC1(C)OB(c2ccc(-c3ccc(-c4cccc5ccccc45)c4ccccc34)c3ccccc23)OC1(C)C. The van der Waals surface area contributed by atoms with Gasteiger partial charge in [-0.15, -0.1) is 0 Å². The highest BCUT2D eigenvalue weighted by molar-refractivity contribution is 6.65. The minimum Gasteiger partial charge on any atom is -0.399 e. The van der Waals surface area contributed by atoms with E-state index in [1.807, 2.05) is 0 Å². The Bertz CT molecular complexity index is 1860. The fourth-order valence-electron chi connectivity index (χ4n) is 5.96. The average molecular weight is 506 g/mol. The van der Waals surface area contributed by atoms with Crippen LogP contribution in [0.2, 0.25) is 0 Å². The van der Waals surface area contributed by atoms with Gasteiger partial charge in [-0.1, -0.05) is 115 Å². The summed E-state index contributed by atoms with van der Waals surface area (Å²) in [7, 11) is -0.403. The molecule has 0 aliphatic carbocycles. The Kier molecular flexibility index (Phi) is 5.45. The first-order chi connectivity index (χ1) is 18.8. The second-order valence-electron chi connectivity index (χ2n) is 11.6. The van der Waals surface area contributed by atoms with Gasteiger partial charge >= 0.3 is 7.12 Å². The molecule has 0 unspecified atom stereocenters. The van der Waals surface area contributed by atoms with E-state index in [2.05, 4.69) is 143 Å². The third kappa shape index (κ3) is 3.80. The van der Waals surface area contributed by atoms with Crippen LogP contribution in [0.3, 0.4) is 0 Å². The molecular formula is C36H31BO2. The third-order valence-corrected chi connectivity index (χ3v) is 8.76. The Morgan fingerprint density at radius 3 is 1.41 bits per heavy atom. The van der Waals surface area contributed by atoms with Crippen LogP contribution in [-0.4, -0.2) is 18.3 Å². The lowest BCUT2D eigenvalue weighted by Gasteiger charge is -2.32. The van der Waals surface area contributed by atoms with Gasteiger partial charge in [0.05, 0.1) is 11.2 Å². The topological polar surface area (TPSA) is 18.5 Å². The molecule has 7 rings (SSSR count). The van der Waals surface area contributed by atoms with Crippen LogP contribution in [0.4, 0.5) is 0 Å². The van der Waals surface area contributed by atoms with Gasteiger partial charge in [-0.3, -0.25) is 0 Å². The smallest absolute Gasteiger partial charge is 0.399 e. The van der Waals surface area contributed by atoms with E-state index in [0.29, 0.717) is 0 Å². The third-order valence-electron chi connectivity index (χ3n) is 8.76. The molecule has 6 aromatic rings. The van der Waals surface area contributed by atoms with Gasteiger partial charge in [0.25, 0.3) is 0 Å². The van der Waals surface area contributed by atoms with Gasteiger partial charge in [0, 0.05) is 0 Å². The lowest BCUT2D eigenvalue weighted by Crippen LogP contribution is -2.41. The summed E-state index contributed by atoms with van der Waals surface area (Å²) in [5, 5.41) is 7.40. The van der Waals surface area contributed by atoms with E-state index in [4.69, 9.17) is 9.31 Å². The number of fused-ring (bicyclic) bond motifs is 3. The first kappa shape index (κ1) is 24.1. The Morgan fingerprint density at radius 1 is 0.410 bits per heavy atom. The normalized spacial score (nSPS) is 16.4. The summed E-state index contributed by atoms with van der Waals surface area (Å²) in [5.74, 6) is 0. The van der Waals surface area contributed by atoms with Gasteiger partial charge in [0.15, 0.2) is 0 Å². The molecule has 6 aromatic carbocycles. The van der Waals surface area contributed by atoms with Crippen LogP contribution in [0, 0.1) is 0 Å². The van der Waals surface area contributed by atoms with Crippen molar-refractivity contribution in [3.05, 3.63) is 115 Å². The lowest BCUT2D eigenvalue weighted by molar-refractivity contribution is 0.00578. The maximum absolute atomic E-state index is 6.45. The van der Waals surface area contributed by atoms with Crippen LogP contribution >= 0.6 is 0 Å². The first-order valence-electron chi connectivity index (χ1n) is 13.7. The highest BCUT2D eigenvalue weighted by atomic mass is 16.7. The number of benzene rings is 6. The van der Waals surface area contributed by atoms with Crippen molar-refractivity contribution in [3.8, 4) is 22.3 Å². The largest absolute Gasteiger partial charge is 0.495 e. The predicted molar refractivity (Wildman–Crippen MR) is 166 cm³/mol.